The summed E-state index contributed by atoms with van der Waals surface area (Å²) in [6, 6.07) is 0.0956. The van der Waals surface area contributed by atoms with Crippen LogP contribution in [-0.2, 0) is 11.2 Å². The maximum Gasteiger partial charge on any atom is 0.165 e. The Hall–Kier alpha value is -1.10. The molecule has 0 saturated carbocycles. The third-order valence-corrected chi connectivity index (χ3v) is 2.01. The van der Waals surface area contributed by atoms with Crippen LogP contribution in [-0.4, -0.2) is 11.7 Å². The molecule has 0 N–H and O–H groups in total. The molecular weight excluding hydrogens is 236 g/mol. The third-order valence-electron chi connectivity index (χ3n) is 1.75. The van der Waals surface area contributed by atoms with Crippen LogP contribution < -0.4 is 0 Å². The van der Waals surface area contributed by atoms with Gasteiger partial charge in [0.1, 0.15) is 6.29 Å². The lowest BCUT2D eigenvalue weighted by Crippen LogP contribution is -2.11. The first-order chi connectivity index (χ1) is 6.97. The van der Waals surface area contributed by atoms with Gasteiger partial charge in [-0.15, -0.1) is 11.6 Å². The Balaban J connectivity index is 3.20. The largest absolute Gasteiger partial charge is 0.302 e. The molecule has 82 valence electrons. The Morgan fingerprint density at radius 3 is 2.07 bits per heavy atom. The van der Waals surface area contributed by atoms with Crippen LogP contribution >= 0.6 is 11.6 Å². The number of rotatable bonds is 3. The number of alkyl halides is 1. The van der Waals surface area contributed by atoms with Crippen molar-refractivity contribution < 1.29 is 22.4 Å². The number of benzene rings is 1. The van der Waals surface area contributed by atoms with Crippen molar-refractivity contribution in [2.45, 2.75) is 11.8 Å². The fourth-order valence-electron chi connectivity index (χ4n) is 1.04. The van der Waals surface area contributed by atoms with Crippen LogP contribution in [0.15, 0.2) is 6.07 Å². The molecule has 0 aliphatic carbocycles. The van der Waals surface area contributed by atoms with E-state index < -0.39 is 40.6 Å². The minimum atomic E-state index is -1.53. The fourth-order valence-corrected chi connectivity index (χ4v) is 1.20. The lowest BCUT2D eigenvalue weighted by atomic mass is 10.1. The van der Waals surface area contributed by atoms with Crippen LogP contribution in [0.2, 0.25) is 0 Å². The summed E-state index contributed by atoms with van der Waals surface area (Å²) in [4.78, 5) is 10.1. The van der Waals surface area contributed by atoms with Crippen molar-refractivity contribution in [1.29, 1.82) is 0 Å². The minimum Gasteiger partial charge on any atom is -0.302 e. The average molecular weight is 241 g/mol. The molecule has 0 aliphatic rings. The molecule has 1 aromatic rings. The zero-order valence-corrected chi connectivity index (χ0v) is 7.99. The van der Waals surface area contributed by atoms with Gasteiger partial charge in [0.15, 0.2) is 23.3 Å². The molecule has 15 heavy (non-hydrogen) atoms. The Labute approximate surface area is 87.7 Å². The molecule has 6 heteroatoms. The van der Waals surface area contributed by atoms with E-state index in [0.717, 1.165) is 0 Å². The van der Waals surface area contributed by atoms with Gasteiger partial charge in [0.05, 0.1) is 5.38 Å². The molecule has 0 saturated heterocycles. The molecule has 0 heterocycles. The molecule has 0 amide bonds. The standard InChI is InChI=1S/C9H5ClF4O/c10-4(3-15)1-5-8(13)6(11)2-7(12)9(5)14/h2-4H,1H2. The number of halogens is 5. The number of carbonyl (C=O) groups excluding carboxylic acids is 1. The van der Waals surface area contributed by atoms with Crippen LogP contribution in [0.3, 0.4) is 0 Å². The molecule has 1 aromatic carbocycles. The Kier molecular flexibility index (Phi) is 3.68. The first-order valence-corrected chi connectivity index (χ1v) is 4.32. The van der Waals surface area contributed by atoms with Gasteiger partial charge in [-0.05, 0) is 0 Å². The van der Waals surface area contributed by atoms with Crippen molar-refractivity contribution in [2.75, 3.05) is 0 Å². The second kappa shape index (κ2) is 4.61. The SMILES string of the molecule is O=CC(Cl)Cc1c(F)c(F)cc(F)c1F. The van der Waals surface area contributed by atoms with E-state index in [2.05, 4.69) is 0 Å². The summed E-state index contributed by atoms with van der Waals surface area (Å²) >= 11 is 5.30. The van der Waals surface area contributed by atoms with Crippen molar-refractivity contribution >= 4 is 17.9 Å². The molecular formula is C9H5ClF4O. The van der Waals surface area contributed by atoms with Gasteiger partial charge in [-0.25, -0.2) is 17.6 Å². The van der Waals surface area contributed by atoms with Gasteiger partial charge in [-0.1, -0.05) is 0 Å². The summed E-state index contributed by atoms with van der Waals surface area (Å²) in [5, 5.41) is -1.23. The van der Waals surface area contributed by atoms with E-state index in [-0.39, 0.29) is 12.4 Å². The molecule has 1 unspecified atom stereocenters. The molecule has 0 bridgehead atoms. The van der Waals surface area contributed by atoms with Gasteiger partial charge in [0.25, 0.3) is 0 Å². The molecule has 0 aromatic heterocycles. The molecule has 1 atom stereocenters. The lowest BCUT2D eigenvalue weighted by Gasteiger charge is -2.07. The van der Waals surface area contributed by atoms with E-state index >= 15 is 0 Å². The minimum absolute atomic E-state index is 0.0956. The normalized spacial score (nSPS) is 12.6. The van der Waals surface area contributed by atoms with Crippen LogP contribution in [0.5, 0.6) is 0 Å². The summed E-state index contributed by atoms with van der Waals surface area (Å²) in [7, 11) is 0. The first-order valence-electron chi connectivity index (χ1n) is 3.88. The Morgan fingerprint density at radius 1 is 1.20 bits per heavy atom. The highest BCUT2D eigenvalue weighted by atomic mass is 35.5. The van der Waals surface area contributed by atoms with E-state index in [1.165, 1.54) is 0 Å². The van der Waals surface area contributed by atoms with Gasteiger partial charge < -0.3 is 4.79 Å². The van der Waals surface area contributed by atoms with E-state index in [9.17, 15) is 22.4 Å². The number of hydrogen-bond donors (Lipinski definition) is 0. The second-order valence-electron chi connectivity index (χ2n) is 2.80. The average Bonchev–Trinajstić information content (AvgIpc) is 2.21. The maximum absolute atomic E-state index is 13.0. The van der Waals surface area contributed by atoms with Crippen molar-refractivity contribution in [3.8, 4) is 0 Å². The Morgan fingerprint density at radius 2 is 1.67 bits per heavy atom. The van der Waals surface area contributed by atoms with Gasteiger partial charge in [0.2, 0.25) is 0 Å². The highest BCUT2D eigenvalue weighted by molar-refractivity contribution is 6.27. The fraction of sp³-hybridized carbons (Fsp3) is 0.222. The van der Waals surface area contributed by atoms with Gasteiger partial charge in [-0.3, -0.25) is 0 Å². The predicted octanol–water partition coefficient (Wildman–Crippen LogP) is 2.59. The van der Waals surface area contributed by atoms with E-state index in [1.54, 1.807) is 0 Å². The monoisotopic (exact) mass is 240 g/mol. The zero-order chi connectivity index (χ0) is 11.6. The lowest BCUT2D eigenvalue weighted by molar-refractivity contribution is -0.107. The summed E-state index contributed by atoms with van der Waals surface area (Å²) in [5.41, 5.74) is -0.861. The highest BCUT2D eigenvalue weighted by Gasteiger charge is 2.20. The predicted molar refractivity (Wildman–Crippen MR) is 45.7 cm³/mol. The molecule has 1 nitrogen and oxygen atoms in total. The van der Waals surface area contributed by atoms with Crippen molar-refractivity contribution in [2.24, 2.45) is 0 Å². The van der Waals surface area contributed by atoms with E-state index in [4.69, 9.17) is 11.6 Å². The molecule has 0 aliphatic heterocycles. The van der Waals surface area contributed by atoms with Crippen molar-refractivity contribution in [3.05, 3.63) is 34.9 Å². The third kappa shape index (κ3) is 2.47. The molecule has 0 spiro atoms. The van der Waals surface area contributed by atoms with E-state index in [0.29, 0.717) is 0 Å². The van der Waals surface area contributed by atoms with Crippen molar-refractivity contribution in [3.63, 3.8) is 0 Å². The van der Waals surface area contributed by atoms with Gasteiger partial charge in [-0.2, -0.15) is 0 Å². The van der Waals surface area contributed by atoms with E-state index in [1.807, 2.05) is 0 Å². The number of aldehydes is 1. The van der Waals surface area contributed by atoms with Crippen LogP contribution in [0, 0.1) is 23.3 Å². The first kappa shape index (κ1) is 12.0. The second-order valence-corrected chi connectivity index (χ2v) is 3.36. The topological polar surface area (TPSA) is 17.1 Å². The molecule has 0 fully saturated rings. The smallest absolute Gasteiger partial charge is 0.165 e. The maximum atomic E-state index is 13.0. The van der Waals surface area contributed by atoms with Crippen LogP contribution in [0.1, 0.15) is 5.56 Å². The van der Waals surface area contributed by atoms with Crippen LogP contribution in [0.25, 0.3) is 0 Å². The molecule has 1 rings (SSSR count). The Bertz CT molecular complexity index is 368. The quantitative estimate of drug-likeness (QED) is 0.344. The summed E-state index contributed by atoms with van der Waals surface area (Å²) in [6.45, 7) is 0. The van der Waals surface area contributed by atoms with Gasteiger partial charge >= 0.3 is 0 Å². The zero-order valence-electron chi connectivity index (χ0n) is 7.24. The summed E-state index contributed by atoms with van der Waals surface area (Å²) < 4.78 is 51.3. The number of hydrogen-bond acceptors (Lipinski definition) is 1. The number of carbonyl (C=O) groups is 1. The molecule has 0 radical (unpaired) electrons. The summed E-state index contributed by atoms with van der Waals surface area (Å²) in [5.74, 6) is -6.08. The summed E-state index contributed by atoms with van der Waals surface area (Å²) in [6.07, 6.45) is -0.374. The van der Waals surface area contributed by atoms with Gasteiger partial charge in [0, 0.05) is 18.1 Å². The van der Waals surface area contributed by atoms with Crippen molar-refractivity contribution in [1.82, 2.24) is 0 Å². The van der Waals surface area contributed by atoms with Crippen LogP contribution in [0.4, 0.5) is 17.6 Å². The highest BCUT2D eigenvalue weighted by Crippen LogP contribution is 2.21.